The minimum absolute atomic E-state index is 0.0935. The number of imide groups is 1. The number of carbonyl (C=O) groups is 3. The Bertz CT molecular complexity index is 1280. The molecule has 34 heavy (non-hydrogen) atoms. The van der Waals surface area contributed by atoms with Gasteiger partial charge in [-0.25, -0.2) is 4.90 Å². The zero-order chi connectivity index (χ0) is 23.8. The van der Waals surface area contributed by atoms with E-state index >= 15 is 0 Å². The Kier molecular flexibility index (Phi) is 5.89. The van der Waals surface area contributed by atoms with E-state index in [0.717, 1.165) is 10.5 Å². The summed E-state index contributed by atoms with van der Waals surface area (Å²) in [6.07, 6.45) is -0.134. The van der Waals surface area contributed by atoms with Gasteiger partial charge < -0.3 is 14.4 Å². The number of halogens is 2. The number of ether oxygens (including phenoxy) is 2. The number of carbonyl (C=O) groups excluding carboxylic acids is 3. The maximum atomic E-state index is 13.5. The summed E-state index contributed by atoms with van der Waals surface area (Å²) in [6.45, 7) is 0.216. The van der Waals surface area contributed by atoms with E-state index < -0.39 is 23.8 Å². The first-order chi connectivity index (χ1) is 16.4. The number of benzene rings is 3. The summed E-state index contributed by atoms with van der Waals surface area (Å²) in [7, 11) is 0. The molecule has 0 aliphatic carbocycles. The first-order valence-corrected chi connectivity index (χ1v) is 11.2. The molecule has 1 fully saturated rings. The molecule has 1 saturated heterocycles. The number of anilines is 1. The molecule has 0 bridgehead atoms. The highest BCUT2D eigenvalue weighted by Gasteiger charge is 2.44. The van der Waals surface area contributed by atoms with Crippen LogP contribution in [0.25, 0.3) is 0 Å². The second-order valence-electron chi connectivity index (χ2n) is 7.89. The molecule has 0 radical (unpaired) electrons. The fraction of sp³-hybridized carbons (Fsp3) is 0.160. The summed E-state index contributed by atoms with van der Waals surface area (Å²) in [4.78, 5) is 42.4. The highest BCUT2D eigenvalue weighted by atomic mass is 35.5. The molecule has 3 amide bonds. The third kappa shape index (κ3) is 4.20. The van der Waals surface area contributed by atoms with Gasteiger partial charge >= 0.3 is 0 Å². The van der Waals surface area contributed by atoms with Crippen LogP contribution in [0.1, 0.15) is 22.3 Å². The van der Waals surface area contributed by atoms with E-state index in [1.54, 1.807) is 66.7 Å². The molecule has 1 unspecified atom stereocenters. The summed E-state index contributed by atoms with van der Waals surface area (Å²) >= 11 is 11.9. The molecule has 3 aromatic rings. The minimum Gasteiger partial charge on any atom is -0.454 e. The maximum absolute atomic E-state index is 13.5. The van der Waals surface area contributed by atoms with Crippen LogP contribution in [-0.4, -0.2) is 35.5 Å². The van der Waals surface area contributed by atoms with Crippen molar-refractivity contribution >= 4 is 46.6 Å². The molecule has 2 aliphatic rings. The van der Waals surface area contributed by atoms with Crippen LogP contribution < -0.4 is 14.4 Å². The predicted molar refractivity (Wildman–Crippen MR) is 126 cm³/mol. The molecule has 3 aromatic carbocycles. The molecule has 5 rings (SSSR count). The standard InChI is InChI=1S/C25H18Cl2N2O5/c26-17-4-2-16(3-5-17)24(31)28(13-15-1-10-21-22(11-15)34-14-33-21)20-12-23(30)29(25(20)32)19-8-6-18(27)7-9-19/h1-11,20H,12-14H2. The zero-order valence-corrected chi connectivity index (χ0v) is 19.3. The van der Waals surface area contributed by atoms with Gasteiger partial charge in [0.05, 0.1) is 12.1 Å². The molecule has 1 atom stereocenters. The normalized spacial score (nSPS) is 16.8. The lowest BCUT2D eigenvalue weighted by Gasteiger charge is -2.28. The van der Waals surface area contributed by atoms with Crippen LogP contribution in [0.3, 0.4) is 0 Å². The third-order valence-electron chi connectivity index (χ3n) is 5.73. The highest BCUT2D eigenvalue weighted by Crippen LogP contribution is 2.34. The summed E-state index contributed by atoms with van der Waals surface area (Å²) in [6, 6.07) is 17.2. The molecular weight excluding hydrogens is 479 g/mol. The van der Waals surface area contributed by atoms with Gasteiger partial charge in [0, 0.05) is 22.2 Å². The Morgan fingerprint density at radius 2 is 1.56 bits per heavy atom. The number of amides is 3. The van der Waals surface area contributed by atoms with Crippen molar-refractivity contribution in [3.05, 3.63) is 87.9 Å². The second-order valence-corrected chi connectivity index (χ2v) is 8.76. The van der Waals surface area contributed by atoms with Crippen LogP contribution in [0, 0.1) is 0 Å². The Hall–Kier alpha value is -3.55. The van der Waals surface area contributed by atoms with Crippen molar-refractivity contribution in [3.63, 3.8) is 0 Å². The van der Waals surface area contributed by atoms with Gasteiger partial charge in [-0.3, -0.25) is 14.4 Å². The van der Waals surface area contributed by atoms with Crippen LogP contribution in [-0.2, 0) is 16.1 Å². The number of rotatable bonds is 5. The smallest absolute Gasteiger partial charge is 0.257 e. The van der Waals surface area contributed by atoms with Gasteiger partial charge in [-0.2, -0.15) is 0 Å². The van der Waals surface area contributed by atoms with Gasteiger partial charge in [0.15, 0.2) is 11.5 Å². The predicted octanol–water partition coefficient (Wildman–Crippen LogP) is 4.70. The van der Waals surface area contributed by atoms with Crippen molar-refractivity contribution in [2.75, 3.05) is 11.7 Å². The first-order valence-electron chi connectivity index (χ1n) is 10.5. The molecule has 9 heteroatoms. The van der Waals surface area contributed by atoms with Crippen LogP contribution in [0.4, 0.5) is 5.69 Å². The van der Waals surface area contributed by atoms with Gasteiger partial charge in [0.1, 0.15) is 6.04 Å². The second kappa shape index (κ2) is 9.00. The van der Waals surface area contributed by atoms with Gasteiger partial charge in [0.25, 0.3) is 11.8 Å². The van der Waals surface area contributed by atoms with E-state index in [0.29, 0.717) is 32.8 Å². The molecule has 2 aliphatic heterocycles. The zero-order valence-electron chi connectivity index (χ0n) is 17.7. The molecule has 7 nitrogen and oxygen atoms in total. The van der Waals surface area contributed by atoms with Crippen LogP contribution in [0.2, 0.25) is 10.0 Å². The largest absolute Gasteiger partial charge is 0.454 e. The number of fused-ring (bicyclic) bond motifs is 1. The van der Waals surface area contributed by atoms with E-state index in [1.807, 2.05) is 0 Å². The van der Waals surface area contributed by atoms with E-state index in [4.69, 9.17) is 32.7 Å². The topological polar surface area (TPSA) is 76.1 Å². The van der Waals surface area contributed by atoms with Gasteiger partial charge in [-0.1, -0.05) is 29.3 Å². The van der Waals surface area contributed by atoms with E-state index in [2.05, 4.69) is 0 Å². The number of hydrogen-bond acceptors (Lipinski definition) is 5. The number of nitrogens with zero attached hydrogens (tertiary/aromatic N) is 2. The lowest BCUT2D eigenvalue weighted by Crippen LogP contribution is -2.45. The summed E-state index contributed by atoms with van der Waals surface area (Å²) in [5, 5.41) is 0.974. The molecule has 0 N–H and O–H groups in total. The van der Waals surface area contributed by atoms with Crippen molar-refractivity contribution in [1.29, 1.82) is 0 Å². The van der Waals surface area contributed by atoms with Crippen molar-refractivity contribution in [1.82, 2.24) is 4.90 Å². The Morgan fingerprint density at radius 3 is 2.26 bits per heavy atom. The molecule has 172 valence electrons. The third-order valence-corrected chi connectivity index (χ3v) is 6.23. The Labute approximate surface area is 205 Å². The molecule has 0 aromatic heterocycles. The van der Waals surface area contributed by atoms with Gasteiger partial charge in [-0.15, -0.1) is 0 Å². The monoisotopic (exact) mass is 496 g/mol. The average Bonchev–Trinajstić information content (AvgIpc) is 3.41. The molecular formula is C25H18Cl2N2O5. The van der Waals surface area contributed by atoms with Crippen molar-refractivity contribution in [3.8, 4) is 11.5 Å². The van der Waals surface area contributed by atoms with Crippen LogP contribution in [0.5, 0.6) is 11.5 Å². The van der Waals surface area contributed by atoms with E-state index in [1.165, 1.54) is 4.90 Å². The maximum Gasteiger partial charge on any atom is 0.257 e. The SMILES string of the molecule is O=C1CC(N(Cc2ccc3c(c2)OCO3)C(=O)c2ccc(Cl)cc2)C(=O)N1c1ccc(Cl)cc1. The average molecular weight is 497 g/mol. The Balaban J connectivity index is 1.49. The lowest BCUT2D eigenvalue weighted by molar-refractivity contribution is -0.122. The molecule has 0 saturated carbocycles. The van der Waals surface area contributed by atoms with Crippen molar-refractivity contribution < 1.29 is 23.9 Å². The van der Waals surface area contributed by atoms with Crippen LogP contribution >= 0.6 is 23.2 Å². The van der Waals surface area contributed by atoms with Crippen molar-refractivity contribution in [2.24, 2.45) is 0 Å². The molecule has 0 spiro atoms. The van der Waals surface area contributed by atoms with Crippen LogP contribution in [0.15, 0.2) is 66.7 Å². The fourth-order valence-corrected chi connectivity index (χ4v) is 4.29. The van der Waals surface area contributed by atoms with Crippen molar-refractivity contribution in [2.45, 2.75) is 19.0 Å². The van der Waals surface area contributed by atoms with E-state index in [9.17, 15) is 14.4 Å². The van der Waals surface area contributed by atoms with E-state index in [-0.39, 0.29) is 19.8 Å². The molecule has 2 heterocycles. The minimum atomic E-state index is -0.975. The van der Waals surface area contributed by atoms with Gasteiger partial charge in [0.2, 0.25) is 12.7 Å². The fourth-order valence-electron chi connectivity index (χ4n) is 4.04. The Morgan fingerprint density at radius 1 is 0.912 bits per heavy atom. The summed E-state index contributed by atoms with van der Waals surface area (Å²) in [5.41, 5.74) is 1.50. The van der Waals surface area contributed by atoms with Gasteiger partial charge in [-0.05, 0) is 66.2 Å². The lowest BCUT2D eigenvalue weighted by atomic mass is 10.1. The quantitative estimate of drug-likeness (QED) is 0.478. The first kappa shape index (κ1) is 22.3. The summed E-state index contributed by atoms with van der Waals surface area (Å²) < 4.78 is 10.8. The summed E-state index contributed by atoms with van der Waals surface area (Å²) in [5.74, 6) is -0.0842. The number of hydrogen-bond donors (Lipinski definition) is 0. The highest BCUT2D eigenvalue weighted by molar-refractivity contribution is 6.31.